The molecule has 1 heterocycles. The summed E-state index contributed by atoms with van der Waals surface area (Å²) in [6, 6.07) is 0. The molecule has 0 atom stereocenters. The molecule has 1 rings (SSSR count). The topological polar surface area (TPSA) is 30.7 Å². The Balaban J connectivity index is 2.35. The lowest BCUT2D eigenvalue weighted by molar-refractivity contribution is 0.726. The average molecular weight is 171 g/mol. The van der Waals surface area contributed by atoms with E-state index in [2.05, 4.69) is 30.9 Å². The third kappa shape index (κ3) is 3.41. The Morgan fingerprint density at radius 3 is 2.64 bits per heavy atom. The fourth-order valence-electron chi connectivity index (χ4n) is 0.559. The van der Waals surface area contributed by atoms with Crippen LogP contribution in [0.1, 0.15) is 20.8 Å². The maximum Gasteiger partial charge on any atom is 0.137 e. The standard InChI is InChI=1S/C7H13N3S/c1-7(2,3)11-6-10-5-8-4-9-10/h4-5H,6H2,1-3H3. The van der Waals surface area contributed by atoms with E-state index in [4.69, 9.17) is 0 Å². The quantitative estimate of drug-likeness (QED) is 0.679. The van der Waals surface area contributed by atoms with Gasteiger partial charge in [0, 0.05) is 4.75 Å². The second-order valence-electron chi connectivity index (χ2n) is 3.32. The fraction of sp³-hybridized carbons (Fsp3) is 0.714. The Labute approximate surface area is 71.2 Å². The van der Waals surface area contributed by atoms with Gasteiger partial charge in [-0.15, -0.1) is 11.8 Å². The van der Waals surface area contributed by atoms with Gasteiger partial charge in [-0.2, -0.15) is 5.10 Å². The third-order valence-electron chi connectivity index (χ3n) is 1.10. The number of hydrogen-bond donors (Lipinski definition) is 0. The van der Waals surface area contributed by atoms with Crippen molar-refractivity contribution < 1.29 is 0 Å². The summed E-state index contributed by atoms with van der Waals surface area (Å²) in [5.41, 5.74) is 0. The molecule has 0 saturated heterocycles. The summed E-state index contributed by atoms with van der Waals surface area (Å²) < 4.78 is 2.13. The van der Waals surface area contributed by atoms with E-state index in [-0.39, 0.29) is 0 Å². The number of rotatable bonds is 2. The smallest absolute Gasteiger partial charge is 0.137 e. The van der Waals surface area contributed by atoms with Crippen molar-refractivity contribution in [2.75, 3.05) is 0 Å². The van der Waals surface area contributed by atoms with E-state index in [9.17, 15) is 0 Å². The van der Waals surface area contributed by atoms with Crippen molar-refractivity contribution in [3.05, 3.63) is 12.7 Å². The predicted octanol–water partition coefficient (Wildman–Crippen LogP) is 1.77. The summed E-state index contributed by atoms with van der Waals surface area (Å²) in [7, 11) is 0. The second-order valence-corrected chi connectivity index (χ2v) is 5.09. The Morgan fingerprint density at radius 1 is 1.45 bits per heavy atom. The van der Waals surface area contributed by atoms with Crippen LogP contribution in [0.25, 0.3) is 0 Å². The monoisotopic (exact) mass is 171 g/mol. The van der Waals surface area contributed by atoms with E-state index in [1.165, 1.54) is 0 Å². The van der Waals surface area contributed by atoms with Crippen molar-refractivity contribution in [3.63, 3.8) is 0 Å². The molecular formula is C7H13N3S. The van der Waals surface area contributed by atoms with E-state index < -0.39 is 0 Å². The van der Waals surface area contributed by atoms with Crippen LogP contribution in [0.15, 0.2) is 12.7 Å². The van der Waals surface area contributed by atoms with Gasteiger partial charge in [0.2, 0.25) is 0 Å². The molecule has 1 aromatic rings. The molecule has 11 heavy (non-hydrogen) atoms. The molecule has 4 heteroatoms. The highest BCUT2D eigenvalue weighted by atomic mass is 32.2. The zero-order valence-electron chi connectivity index (χ0n) is 7.11. The molecule has 0 N–H and O–H groups in total. The van der Waals surface area contributed by atoms with Gasteiger partial charge >= 0.3 is 0 Å². The molecular weight excluding hydrogens is 158 g/mol. The molecule has 0 aliphatic heterocycles. The Hall–Kier alpha value is -0.510. The third-order valence-corrected chi connectivity index (χ3v) is 2.36. The molecule has 1 aromatic heterocycles. The molecule has 0 unspecified atom stereocenters. The molecule has 0 fully saturated rings. The highest BCUT2D eigenvalue weighted by Gasteiger charge is 2.09. The molecule has 0 spiro atoms. The zero-order chi connectivity index (χ0) is 8.32. The van der Waals surface area contributed by atoms with Gasteiger partial charge in [-0.3, -0.25) is 0 Å². The van der Waals surface area contributed by atoms with Crippen molar-refractivity contribution in [1.82, 2.24) is 14.8 Å². The number of thioether (sulfide) groups is 1. The normalized spacial score (nSPS) is 11.9. The predicted molar refractivity (Wildman–Crippen MR) is 47.4 cm³/mol. The summed E-state index contributed by atoms with van der Waals surface area (Å²) in [5.74, 6) is 0.878. The van der Waals surface area contributed by atoms with Crippen LogP contribution in [0.2, 0.25) is 0 Å². The van der Waals surface area contributed by atoms with Gasteiger partial charge in [0.15, 0.2) is 0 Å². The first kappa shape index (κ1) is 8.59. The second kappa shape index (κ2) is 3.26. The van der Waals surface area contributed by atoms with Crippen LogP contribution in [0, 0.1) is 0 Å². The largest absolute Gasteiger partial charge is 0.243 e. The summed E-state index contributed by atoms with van der Waals surface area (Å²) in [5, 5.41) is 4.00. The first-order chi connectivity index (χ1) is 5.08. The van der Waals surface area contributed by atoms with E-state index in [1.807, 2.05) is 16.4 Å². The number of hydrogen-bond acceptors (Lipinski definition) is 3. The summed E-state index contributed by atoms with van der Waals surface area (Å²) >= 11 is 1.85. The molecule has 0 amide bonds. The van der Waals surface area contributed by atoms with Crippen molar-refractivity contribution in [1.29, 1.82) is 0 Å². The van der Waals surface area contributed by atoms with Gasteiger partial charge in [0.1, 0.15) is 12.7 Å². The minimum atomic E-state index is 0.298. The van der Waals surface area contributed by atoms with Crippen LogP contribution in [-0.2, 0) is 5.88 Å². The molecule has 3 nitrogen and oxygen atoms in total. The van der Waals surface area contributed by atoms with Crippen molar-refractivity contribution in [3.8, 4) is 0 Å². The van der Waals surface area contributed by atoms with E-state index >= 15 is 0 Å². The maximum absolute atomic E-state index is 4.00. The number of nitrogens with zero attached hydrogens (tertiary/aromatic N) is 3. The maximum atomic E-state index is 4.00. The molecule has 0 aliphatic carbocycles. The van der Waals surface area contributed by atoms with E-state index in [0.29, 0.717) is 4.75 Å². The van der Waals surface area contributed by atoms with E-state index in [1.54, 1.807) is 12.7 Å². The fourth-order valence-corrected chi connectivity index (χ4v) is 1.21. The SMILES string of the molecule is CC(C)(C)SCn1cncn1. The van der Waals surface area contributed by atoms with Crippen LogP contribution in [0.4, 0.5) is 0 Å². The highest BCUT2D eigenvalue weighted by Crippen LogP contribution is 2.23. The first-order valence-corrected chi connectivity index (χ1v) is 4.53. The molecule has 0 saturated carbocycles. The van der Waals surface area contributed by atoms with Gasteiger partial charge in [-0.25, -0.2) is 9.67 Å². The zero-order valence-corrected chi connectivity index (χ0v) is 7.93. The first-order valence-electron chi connectivity index (χ1n) is 3.54. The Morgan fingerprint density at radius 2 is 2.18 bits per heavy atom. The van der Waals surface area contributed by atoms with Gasteiger partial charge in [0.25, 0.3) is 0 Å². The minimum absolute atomic E-state index is 0.298. The lowest BCUT2D eigenvalue weighted by Crippen LogP contribution is -2.10. The van der Waals surface area contributed by atoms with Gasteiger partial charge in [-0.05, 0) is 0 Å². The van der Waals surface area contributed by atoms with Gasteiger partial charge < -0.3 is 0 Å². The summed E-state index contributed by atoms with van der Waals surface area (Å²) in [4.78, 5) is 3.86. The summed E-state index contributed by atoms with van der Waals surface area (Å²) in [6.07, 6.45) is 3.29. The Kier molecular flexibility index (Phi) is 2.54. The molecule has 0 radical (unpaired) electrons. The van der Waals surface area contributed by atoms with Crippen LogP contribution in [-0.4, -0.2) is 19.5 Å². The van der Waals surface area contributed by atoms with Crippen LogP contribution < -0.4 is 0 Å². The van der Waals surface area contributed by atoms with Gasteiger partial charge in [-0.1, -0.05) is 20.8 Å². The average Bonchev–Trinajstić information content (AvgIpc) is 2.32. The lowest BCUT2D eigenvalue weighted by atomic mass is 10.3. The van der Waals surface area contributed by atoms with Crippen molar-refractivity contribution >= 4 is 11.8 Å². The Bertz CT molecular complexity index is 200. The van der Waals surface area contributed by atoms with Crippen LogP contribution in [0.5, 0.6) is 0 Å². The molecule has 0 bridgehead atoms. The molecule has 0 aliphatic rings. The lowest BCUT2D eigenvalue weighted by Gasteiger charge is -2.16. The van der Waals surface area contributed by atoms with Crippen LogP contribution >= 0.6 is 11.8 Å². The van der Waals surface area contributed by atoms with Crippen molar-refractivity contribution in [2.24, 2.45) is 0 Å². The summed E-state index contributed by atoms with van der Waals surface area (Å²) in [6.45, 7) is 6.57. The molecule has 62 valence electrons. The molecule has 0 aromatic carbocycles. The van der Waals surface area contributed by atoms with Gasteiger partial charge in [0.05, 0.1) is 5.88 Å². The highest BCUT2D eigenvalue weighted by molar-refractivity contribution is 7.99. The minimum Gasteiger partial charge on any atom is -0.243 e. The van der Waals surface area contributed by atoms with Crippen LogP contribution in [0.3, 0.4) is 0 Å². The van der Waals surface area contributed by atoms with E-state index in [0.717, 1.165) is 5.88 Å². The number of aromatic nitrogens is 3. The van der Waals surface area contributed by atoms with Crippen molar-refractivity contribution in [2.45, 2.75) is 31.4 Å².